The number of benzene rings is 2. The Morgan fingerprint density at radius 2 is 1.47 bits per heavy atom. The molecule has 30 heavy (non-hydrogen) atoms. The predicted molar refractivity (Wildman–Crippen MR) is 117 cm³/mol. The molecule has 0 aliphatic carbocycles. The third kappa shape index (κ3) is 4.64. The number of likely N-dealkylation sites (N-methyl/N-ethyl adjacent to an activating group) is 1. The van der Waals surface area contributed by atoms with Crippen LogP contribution in [0.25, 0.3) is 5.57 Å². The number of hydrogen-bond acceptors (Lipinski definition) is 5. The van der Waals surface area contributed by atoms with Gasteiger partial charge in [0, 0.05) is 12.2 Å². The van der Waals surface area contributed by atoms with Crippen LogP contribution >= 0.6 is 0 Å². The van der Waals surface area contributed by atoms with E-state index in [1.165, 1.54) is 4.90 Å². The van der Waals surface area contributed by atoms with Gasteiger partial charge in [0.25, 0.3) is 11.8 Å². The average molecular weight is 408 g/mol. The van der Waals surface area contributed by atoms with Crippen molar-refractivity contribution in [2.75, 3.05) is 25.1 Å². The molecule has 0 atom stereocenters. The highest BCUT2D eigenvalue weighted by Gasteiger charge is 2.38. The molecular weight excluding hydrogens is 380 g/mol. The van der Waals surface area contributed by atoms with E-state index in [9.17, 15) is 9.59 Å². The van der Waals surface area contributed by atoms with Crippen molar-refractivity contribution in [3.8, 4) is 11.5 Å². The van der Waals surface area contributed by atoms with Crippen LogP contribution in [-0.2, 0) is 9.59 Å². The third-order valence-corrected chi connectivity index (χ3v) is 4.65. The van der Waals surface area contributed by atoms with Gasteiger partial charge < -0.3 is 14.8 Å². The van der Waals surface area contributed by atoms with Gasteiger partial charge in [-0.2, -0.15) is 0 Å². The van der Waals surface area contributed by atoms with Gasteiger partial charge in [0.15, 0.2) is 0 Å². The Balaban J connectivity index is 1.91. The van der Waals surface area contributed by atoms with E-state index in [1.807, 2.05) is 55.5 Å². The molecule has 0 aromatic heterocycles. The number of rotatable bonds is 9. The molecule has 6 nitrogen and oxygen atoms in total. The summed E-state index contributed by atoms with van der Waals surface area (Å²) in [7, 11) is 0. The Morgan fingerprint density at radius 1 is 0.867 bits per heavy atom. The number of amides is 2. The smallest absolute Gasteiger partial charge is 0.278 e. The van der Waals surface area contributed by atoms with Crippen LogP contribution in [0.3, 0.4) is 0 Å². The maximum atomic E-state index is 12.9. The van der Waals surface area contributed by atoms with Crippen LogP contribution in [0.2, 0.25) is 0 Å². The number of nitrogens with zero attached hydrogens (tertiary/aromatic N) is 1. The summed E-state index contributed by atoms with van der Waals surface area (Å²) in [6, 6.07) is 14.6. The van der Waals surface area contributed by atoms with Crippen LogP contribution in [0.4, 0.5) is 5.69 Å². The summed E-state index contributed by atoms with van der Waals surface area (Å²) >= 11 is 0. The molecule has 3 rings (SSSR count). The first-order chi connectivity index (χ1) is 14.4. The first kappa shape index (κ1) is 21.4. The molecule has 0 unspecified atom stereocenters. The minimum atomic E-state index is -0.327. The van der Waals surface area contributed by atoms with E-state index >= 15 is 0 Å². The molecule has 1 aliphatic rings. The molecule has 0 spiro atoms. The Morgan fingerprint density at radius 3 is 2.03 bits per heavy atom. The Hall–Kier alpha value is -3.28. The molecule has 2 aromatic carbocycles. The number of carbonyl (C=O) groups excluding carboxylic acids is 2. The quantitative estimate of drug-likeness (QED) is 0.626. The third-order valence-electron chi connectivity index (χ3n) is 4.65. The van der Waals surface area contributed by atoms with Gasteiger partial charge in [0.1, 0.15) is 17.2 Å². The SMILES string of the molecule is CCOc1ccc(NC2=C(c3ccc(OCC(C)C)cc3)C(=O)N(CC)C2=O)cc1. The lowest BCUT2D eigenvalue weighted by atomic mass is 10.0. The molecule has 158 valence electrons. The molecule has 0 fully saturated rings. The van der Waals surface area contributed by atoms with Crippen molar-refractivity contribution in [3.63, 3.8) is 0 Å². The second kappa shape index (κ2) is 9.48. The zero-order valence-corrected chi connectivity index (χ0v) is 17.9. The Kier molecular flexibility index (Phi) is 6.77. The van der Waals surface area contributed by atoms with Crippen molar-refractivity contribution >= 4 is 23.1 Å². The maximum Gasteiger partial charge on any atom is 0.278 e. The first-order valence-corrected chi connectivity index (χ1v) is 10.3. The van der Waals surface area contributed by atoms with Gasteiger partial charge in [0.05, 0.1) is 18.8 Å². The topological polar surface area (TPSA) is 67.9 Å². The van der Waals surface area contributed by atoms with Gasteiger partial charge >= 0.3 is 0 Å². The van der Waals surface area contributed by atoms with Crippen molar-refractivity contribution in [2.24, 2.45) is 5.92 Å². The van der Waals surface area contributed by atoms with E-state index in [-0.39, 0.29) is 17.5 Å². The average Bonchev–Trinajstić information content (AvgIpc) is 2.97. The molecule has 1 heterocycles. The van der Waals surface area contributed by atoms with E-state index in [1.54, 1.807) is 6.92 Å². The molecular formula is C24H28N2O4. The lowest BCUT2D eigenvalue weighted by molar-refractivity contribution is -0.136. The fourth-order valence-electron chi connectivity index (χ4n) is 3.17. The van der Waals surface area contributed by atoms with Crippen molar-refractivity contribution in [2.45, 2.75) is 27.7 Å². The standard InChI is InChI=1S/C24H28N2O4/c1-5-26-23(27)21(17-7-11-20(12-8-17)30-15-16(3)4)22(24(26)28)25-18-9-13-19(14-10-18)29-6-2/h7-14,16,25H,5-6,15H2,1-4H3. The summed E-state index contributed by atoms with van der Waals surface area (Å²) in [4.78, 5) is 27.1. The lowest BCUT2D eigenvalue weighted by Gasteiger charge is -2.12. The monoisotopic (exact) mass is 408 g/mol. The summed E-state index contributed by atoms with van der Waals surface area (Å²) in [5, 5.41) is 3.14. The number of ether oxygens (including phenoxy) is 2. The van der Waals surface area contributed by atoms with Gasteiger partial charge in [-0.3, -0.25) is 14.5 Å². The first-order valence-electron chi connectivity index (χ1n) is 10.3. The highest BCUT2D eigenvalue weighted by Crippen LogP contribution is 2.31. The van der Waals surface area contributed by atoms with Gasteiger partial charge in [0.2, 0.25) is 0 Å². The van der Waals surface area contributed by atoms with Crippen molar-refractivity contribution < 1.29 is 19.1 Å². The highest BCUT2D eigenvalue weighted by molar-refractivity contribution is 6.36. The van der Waals surface area contributed by atoms with Gasteiger partial charge in [-0.1, -0.05) is 26.0 Å². The predicted octanol–water partition coefficient (Wildman–Crippen LogP) is 4.33. The van der Waals surface area contributed by atoms with Crippen molar-refractivity contribution in [1.82, 2.24) is 4.90 Å². The van der Waals surface area contributed by atoms with Gasteiger partial charge in [-0.05, 0) is 61.7 Å². The minimum Gasteiger partial charge on any atom is -0.494 e. The van der Waals surface area contributed by atoms with E-state index in [2.05, 4.69) is 19.2 Å². The number of anilines is 1. The fourth-order valence-corrected chi connectivity index (χ4v) is 3.17. The highest BCUT2D eigenvalue weighted by atomic mass is 16.5. The van der Waals surface area contributed by atoms with Crippen molar-refractivity contribution in [3.05, 3.63) is 59.8 Å². The van der Waals surface area contributed by atoms with E-state index in [0.29, 0.717) is 42.5 Å². The summed E-state index contributed by atoms with van der Waals surface area (Å²) in [6.07, 6.45) is 0. The molecule has 0 bridgehead atoms. The van der Waals surface area contributed by atoms with Crippen LogP contribution in [0, 0.1) is 5.92 Å². The maximum absolute atomic E-state index is 12.9. The number of imide groups is 1. The zero-order chi connectivity index (χ0) is 21.7. The van der Waals surface area contributed by atoms with E-state index in [0.717, 1.165) is 11.5 Å². The number of nitrogens with one attached hydrogen (secondary N) is 1. The number of hydrogen-bond donors (Lipinski definition) is 1. The summed E-state index contributed by atoms with van der Waals surface area (Å²) in [6.45, 7) is 9.39. The molecule has 0 saturated heterocycles. The molecule has 2 aromatic rings. The Labute approximate surface area is 177 Å². The van der Waals surface area contributed by atoms with E-state index in [4.69, 9.17) is 9.47 Å². The largest absolute Gasteiger partial charge is 0.494 e. The van der Waals surface area contributed by atoms with E-state index < -0.39 is 0 Å². The normalized spacial score (nSPS) is 14.0. The molecule has 0 saturated carbocycles. The van der Waals surface area contributed by atoms with Gasteiger partial charge in [-0.15, -0.1) is 0 Å². The minimum absolute atomic E-state index is 0.279. The summed E-state index contributed by atoms with van der Waals surface area (Å²) < 4.78 is 11.2. The fraction of sp³-hybridized carbons (Fsp3) is 0.333. The Bertz CT molecular complexity index is 931. The number of carbonyl (C=O) groups is 2. The lowest BCUT2D eigenvalue weighted by Crippen LogP contribution is -2.32. The zero-order valence-electron chi connectivity index (χ0n) is 17.9. The van der Waals surface area contributed by atoms with Crippen molar-refractivity contribution in [1.29, 1.82) is 0 Å². The summed E-state index contributed by atoms with van der Waals surface area (Å²) in [5.74, 6) is 1.28. The second-order valence-corrected chi connectivity index (χ2v) is 7.42. The van der Waals surface area contributed by atoms with Crippen LogP contribution in [0.1, 0.15) is 33.3 Å². The van der Waals surface area contributed by atoms with Crippen LogP contribution in [0.5, 0.6) is 11.5 Å². The summed E-state index contributed by atoms with van der Waals surface area (Å²) in [5.41, 5.74) is 2.03. The molecule has 0 radical (unpaired) electrons. The van der Waals surface area contributed by atoms with Gasteiger partial charge in [-0.25, -0.2) is 0 Å². The molecule has 2 amide bonds. The van der Waals surface area contributed by atoms with Crippen LogP contribution in [-0.4, -0.2) is 36.5 Å². The van der Waals surface area contributed by atoms with Crippen LogP contribution in [0.15, 0.2) is 54.2 Å². The molecule has 1 aliphatic heterocycles. The van der Waals surface area contributed by atoms with Crippen LogP contribution < -0.4 is 14.8 Å². The second-order valence-electron chi connectivity index (χ2n) is 7.42. The molecule has 6 heteroatoms. The molecule has 1 N–H and O–H groups in total.